The van der Waals surface area contributed by atoms with Crippen LogP contribution in [0.25, 0.3) is 0 Å². The Hall–Kier alpha value is -3.00. The second kappa shape index (κ2) is 9.09. The van der Waals surface area contributed by atoms with Crippen LogP contribution >= 0.6 is 11.3 Å². The van der Waals surface area contributed by atoms with E-state index in [4.69, 9.17) is 4.74 Å². The first kappa shape index (κ1) is 18.8. The molecule has 0 fully saturated rings. The number of nitrogens with zero attached hydrogens (tertiary/aromatic N) is 3. The highest BCUT2D eigenvalue weighted by Crippen LogP contribution is 2.18. The minimum Gasteiger partial charge on any atom is -0.486 e. The molecular weight excluding hydrogens is 362 g/mol. The summed E-state index contributed by atoms with van der Waals surface area (Å²) < 4.78 is 5.66. The van der Waals surface area contributed by atoms with E-state index >= 15 is 0 Å². The lowest BCUT2D eigenvalue weighted by Gasteiger charge is -2.05. The van der Waals surface area contributed by atoms with Gasteiger partial charge in [0.2, 0.25) is 5.13 Å². The van der Waals surface area contributed by atoms with Gasteiger partial charge in [0.15, 0.2) is 5.01 Å². The number of hydrogen-bond donors (Lipinski definition) is 2. The molecule has 8 heteroatoms. The van der Waals surface area contributed by atoms with E-state index in [9.17, 15) is 4.79 Å². The quantitative estimate of drug-likeness (QED) is 0.649. The smallest absolute Gasteiger partial charge is 0.321 e. The largest absolute Gasteiger partial charge is 0.486 e. The third-order valence-electron chi connectivity index (χ3n) is 3.79. The van der Waals surface area contributed by atoms with Crippen LogP contribution in [-0.4, -0.2) is 21.2 Å². The van der Waals surface area contributed by atoms with Gasteiger partial charge >= 0.3 is 6.03 Å². The maximum atomic E-state index is 12.0. The Bertz CT molecular complexity index is 878. The van der Waals surface area contributed by atoms with E-state index in [0.717, 1.165) is 23.4 Å². The van der Waals surface area contributed by atoms with E-state index in [-0.39, 0.29) is 6.03 Å². The number of benzene rings is 1. The fraction of sp³-hybridized carbons (Fsp3) is 0.263. The summed E-state index contributed by atoms with van der Waals surface area (Å²) in [5.74, 6) is 0.768. The van der Waals surface area contributed by atoms with Crippen molar-refractivity contribution in [2.24, 2.45) is 0 Å². The molecule has 140 valence electrons. The predicted octanol–water partition coefficient (Wildman–Crippen LogP) is 3.70. The van der Waals surface area contributed by atoms with Gasteiger partial charge in [0.25, 0.3) is 0 Å². The molecule has 0 saturated heterocycles. The van der Waals surface area contributed by atoms with Crippen molar-refractivity contribution in [3.8, 4) is 5.75 Å². The van der Waals surface area contributed by atoms with Gasteiger partial charge < -0.3 is 10.1 Å². The number of anilines is 1. The summed E-state index contributed by atoms with van der Waals surface area (Å²) in [6, 6.07) is 11.3. The molecule has 1 aromatic carbocycles. The van der Waals surface area contributed by atoms with Gasteiger partial charge in [-0.25, -0.2) is 4.79 Å². The third-order valence-corrected chi connectivity index (χ3v) is 4.61. The van der Waals surface area contributed by atoms with Crippen LogP contribution in [0.2, 0.25) is 0 Å². The number of ether oxygens (including phenoxy) is 1. The molecule has 0 unspecified atom stereocenters. The molecule has 2 amide bonds. The molecule has 7 nitrogen and oxygen atoms in total. The van der Waals surface area contributed by atoms with Crippen LogP contribution in [0, 0.1) is 6.92 Å². The molecule has 2 N–H and O–H groups in total. The molecule has 0 bridgehead atoms. The summed E-state index contributed by atoms with van der Waals surface area (Å²) in [4.78, 5) is 16.3. The monoisotopic (exact) mass is 383 g/mol. The van der Waals surface area contributed by atoms with E-state index in [1.807, 2.05) is 49.5 Å². The molecule has 0 aliphatic rings. The maximum Gasteiger partial charge on any atom is 0.321 e. The van der Waals surface area contributed by atoms with Crippen molar-refractivity contribution in [3.05, 3.63) is 64.4 Å². The van der Waals surface area contributed by atoms with Crippen LogP contribution in [-0.2, 0) is 19.6 Å². The van der Waals surface area contributed by atoms with Gasteiger partial charge in [-0.2, -0.15) is 0 Å². The standard InChI is InChI=1S/C19H21N5O2S/c1-3-14-6-7-15(20-10-14)11-21-18(25)22-19-24-23-17(27-19)12-26-16-8-4-13(2)5-9-16/h4-10H,3,11-12H2,1-2H3,(H2,21,22,24,25). The average molecular weight is 383 g/mol. The van der Waals surface area contributed by atoms with Crippen molar-refractivity contribution in [2.75, 3.05) is 5.32 Å². The second-order valence-electron chi connectivity index (χ2n) is 5.92. The summed E-state index contributed by atoms with van der Waals surface area (Å²) in [6.07, 6.45) is 2.76. The first-order valence-electron chi connectivity index (χ1n) is 8.63. The van der Waals surface area contributed by atoms with Gasteiger partial charge in [-0.1, -0.05) is 42.0 Å². The van der Waals surface area contributed by atoms with Crippen molar-refractivity contribution in [1.29, 1.82) is 0 Å². The Labute approximate surface area is 161 Å². The molecule has 0 spiro atoms. The zero-order valence-electron chi connectivity index (χ0n) is 15.2. The van der Waals surface area contributed by atoms with Gasteiger partial charge in [0.05, 0.1) is 12.2 Å². The van der Waals surface area contributed by atoms with Crippen LogP contribution < -0.4 is 15.4 Å². The molecule has 2 heterocycles. The average Bonchev–Trinajstić information content (AvgIpc) is 3.13. The van der Waals surface area contributed by atoms with Gasteiger partial charge in [-0.3, -0.25) is 10.3 Å². The number of carbonyl (C=O) groups excluding carboxylic acids is 1. The van der Waals surface area contributed by atoms with Crippen LogP contribution in [0.1, 0.15) is 28.8 Å². The van der Waals surface area contributed by atoms with Gasteiger partial charge in [0.1, 0.15) is 12.4 Å². The lowest BCUT2D eigenvalue weighted by molar-refractivity contribution is 0.251. The van der Waals surface area contributed by atoms with Crippen molar-refractivity contribution < 1.29 is 9.53 Å². The molecular formula is C19H21N5O2S. The predicted molar refractivity (Wildman–Crippen MR) is 105 cm³/mol. The van der Waals surface area contributed by atoms with E-state index < -0.39 is 0 Å². The van der Waals surface area contributed by atoms with Crippen LogP contribution in [0.15, 0.2) is 42.6 Å². The molecule has 0 aliphatic heterocycles. The van der Waals surface area contributed by atoms with E-state index in [0.29, 0.717) is 23.3 Å². The summed E-state index contributed by atoms with van der Waals surface area (Å²) >= 11 is 1.28. The molecule has 0 radical (unpaired) electrons. The van der Waals surface area contributed by atoms with Crippen LogP contribution in [0.5, 0.6) is 5.75 Å². The molecule has 0 saturated carbocycles. The Balaban J connectivity index is 1.44. The number of nitrogens with one attached hydrogen (secondary N) is 2. The number of hydrogen-bond acceptors (Lipinski definition) is 6. The number of pyridine rings is 1. The van der Waals surface area contributed by atoms with E-state index in [1.54, 1.807) is 0 Å². The minimum atomic E-state index is -0.349. The SMILES string of the molecule is CCc1ccc(CNC(=O)Nc2nnc(COc3ccc(C)cc3)s2)nc1. The molecule has 27 heavy (non-hydrogen) atoms. The van der Waals surface area contributed by atoms with Crippen molar-refractivity contribution in [3.63, 3.8) is 0 Å². The highest BCUT2D eigenvalue weighted by atomic mass is 32.1. The van der Waals surface area contributed by atoms with Crippen molar-refractivity contribution >= 4 is 22.5 Å². The van der Waals surface area contributed by atoms with Crippen LogP contribution in [0.3, 0.4) is 0 Å². The van der Waals surface area contributed by atoms with Crippen LogP contribution in [0.4, 0.5) is 9.93 Å². The van der Waals surface area contributed by atoms with E-state index in [2.05, 4.69) is 32.7 Å². The molecule has 3 rings (SSSR count). The fourth-order valence-corrected chi connectivity index (χ4v) is 2.87. The number of rotatable bonds is 7. The maximum absolute atomic E-state index is 12.0. The molecule has 3 aromatic rings. The lowest BCUT2D eigenvalue weighted by atomic mass is 10.2. The summed E-state index contributed by atoms with van der Waals surface area (Å²) in [5.41, 5.74) is 3.14. The molecule has 0 atom stereocenters. The van der Waals surface area contributed by atoms with Gasteiger partial charge in [-0.15, -0.1) is 10.2 Å². The van der Waals surface area contributed by atoms with Crippen molar-refractivity contribution in [1.82, 2.24) is 20.5 Å². The van der Waals surface area contributed by atoms with Gasteiger partial charge in [-0.05, 0) is 37.1 Å². The van der Waals surface area contributed by atoms with Gasteiger partial charge in [0, 0.05) is 6.20 Å². The number of amides is 2. The number of aryl methyl sites for hydroxylation is 2. The highest BCUT2D eigenvalue weighted by molar-refractivity contribution is 7.15. The minimum absolute atomic E-state index is 0.303. The number of carbonyl (C=O) groups is 1. The highest BCUT2D eigenvalue weighted by Gasteiger charge is 2.09. The topological polar surface area (TPSA) is 89.0 Å². The summed E-state index contributed by atoms with van der Waals surface area (Å²) in [6.45, 7) is 4.74. The second-order valence-corrected chi connectivity index (χ2v) is 6.98. The molecule has 0 aliphatic carbocycles. The van der Waals surface area contributed by atoms with Crippen molar-refractivity contribution in [2.45, 2.75) is 33.4 Å². The first-order chi connectivity index (χ1) is 13.1. The fourth-order valence-electron chi connectivity index (χ4n) is 2.22. The van der Waals surface area contributed by atoms with E-state index in [1.165, 1.54) is 16.9 Å². The number of urea groups is 1. The Morgan fingerprint density at radius 1 is 1.15 bits per heavy atom. The Morgan fingerprint density at radius 2 is 1.96 bits per heavy atom. The summed E-state index contributed by atoms with van der Waals surface area (Å²) in [5, 5.41) is 14.5. The zero-order chi connectivity index (χ0) is 19.1. The normalized spacial score (nSPS) is 10.4. The Morgan fingerprint density at radius 3 is 2.67 bits per heavy atom. The third kappa shape index (κ3) is 5.75. The molecule has 2 aromatic heterocycles. The first-order valence-corrected chi connectivity index (χ1v) is 9.44. The lowest BCUT2D eigenvalue weighted by Crippen LogP contribution is -2.28. The zero-order valence-corrected chi connectivity index (χ0v) is 16.0. The summed E-state index contributed by atoms with van der Waals surface area (Å²) in [7, 11) is 0. The number of aromatic nitrogens is 3. The Kier molecular flexibility index (Phi) is 6.32.